The molecule has 2 aliphatic rings. The summed E-state index contributed by atoms with van der Waals surface area (Å²) in [6.45, 7) is 12.6. The van der Waals surface area contributed by atoms with Gasteiger partial charge >= 0.3 is 0 Å². The number of hydrogen-bond donors (Lipinski definition) is 2. The van der Waals surface area contributed by atoms with Crippen molar-refractivity contribution in [1.29, 1.82) is 0 Å². The van der Waals surface area contributed by atoms with E-state index in [0.717, 1.165) is 59.8 Å². The van der Waals surface area contributed by atoms with Gasteiger partial charge in [0, 0.05) is 78.7 Å². The monoisotopic (exact) mass is 625 g/mol. The largest absolute Gasteiger partial charge is 0.379 e. The molecule has 0 radical (unpaired) electrons. The Morgan fingerprint density at radius 3 is 2.67 bits per heavy atom. The van der Waals surface area contributed by atoms with Crippen LogP contribution in [0.3, 0.4) is 0 Å². The molecule has 10 nitrogen and oxygen atoms in total. The summed E-state index contributed by atoms with van der Waals surface area (Å²) in [6.07, 6.45) is 6.96. The zero-order valence-electron chi connectivity index (χ0n) is 27.9. The maximum atomic E-state index is 13.8. The first kappa shape index (κ1) is 32.0. The molecule has 4 atom stereocenters. The van der Waals surface area contributed by atoms with E-state index in [1.807, 2.05) is 26.2 Å². The fourth-order valence-corrected chi connectivity index (χ4v) is 7.18. The van der Waals surface area contributed by atoms with E-state index >= 15 is 0 Å². The molecule has 0 bridgehead atoms. The van der Waals surface area contributed by atoms with Gasteiger partial charge in [0.05, 0.1) is 31.2 Å². The Morgan fingerprint density at radius 2 is 1.93 bits per heavy atom. The molecule has 46 heavy (non-hydrogen) atoms. The third-order valence-electron chi connectivity index (χ3n) is 9.63. The van der Waals surface area contributed by atoms with E-state index < -0.39 is 0 Å². The summed E-state index contributed by atoms with van der Waals surface area (Å²) < 4.78 is 9.92. The van der Waals surface area contributed by atoms with E-state index in [-0.39, 0.29) is 35.7 Å². The number of nitrogens with one attached hydrogen (secondary N) is 2. The number of carbonyl (C=O) groups excluding carboxylic acids is 2. The summed E-state index contributed by atoms with van der Waals surface area (Å²) >= 11 is 0. The molecule has 0 saturated carbocycles. The van der Waals surface area contributed by atoms with Crippen LogP contribution in [0.1, 0.15) is 60.4 Å². The normalized spacial score (nSPS) is 21.5. The van der Waals surface area contributed by atoms with Gasteiger partial charge in [-0.15, -0.1) is 0 Å². The van der Waals surface area contributed by atoms with Crippen molar-refractivity contribution < 1.29 is 14.3 Å². The molecule has 4 unspecified atom stereocenters. The van der Waals surface area contributed by atoms with Crippen LogP contribution in [0.25, 0.3) is 22.5 Å². The minimum atomic E-state index is -0.241. The number of fused-ring (bicyclic) bond motifs is 1. The smallest absolute Gasteiger partial charge is 0.251 e. The highest BCUT2D eigenvalue weighted by Crippen LogP contribution is 2.32. The van der Waals surface area contributed by atoms with Gasteiger partial charge in [-0.25, -0.2) is 4.98 Å². The Kier molecular flexibility index (Phi) is 9.31. The van der Waals surface area contributed by atoms with Gasteiger partial charge in [0.1, 0.15) is 0 Å². The summed E-state index contributed by atoms with van der Waals surface area (Å²) in [4.78, 5) is 35.9. The molecule has 10 heteroatoms. The third-order valence-corrected chi connectivity index (χ3v) is 9.63. The van der Waals surface area contributed by atoms with E-state index in [9.17, 15) is 9.59 Å². The third kappa shape index (κ3) is 6.61. The Bertz CT molecular complexity index is 1720. The molecule has 1 aromatic carbocycles. The maximum Gasteiger partial charge on any atom is 0.251 e. The highest BCUT2D eigenvalue weighted by atomic mass is 16.5. The Balaban J connectivity index is 1.34. The van der Waals surface area contributed by atoms with E-state index in [0.29, 0.717) is 25.3 Å². The molecule has 5 heterocycles. The van der Waals surface area contributed by atoms with Crippen molar-refractivity contribution in [1.82, 2.24) is 34.4 Å². The SMILES string of the molecule is Cc1c(C(=O)NCC2C(=O)NC(C)CC2C)cc2cc(-c3cn(-c4cccc(CN(C)C)c4)cn3)cn2c1C(C)N1CCOCC1. The lowest BCUT2D eigenvalue weighted by Crippen LogP contribution is -2.50. The number of ether oxygens (including phenoxy) is 1. The Morgan fingerprint density at radius 1 is 1.15 bits per heavy atom. The maximum absolute atomic E-state index is 13.8. The number of morpholine rings is 1. The first-order valence-corrected chi connectivity index (χ1v) is 16.4. The second-order valence-corrected chi connectivity index (χ2v) is 13.4. The summed E-state index contributed by atoms with van der Waals surface area (Å²) in [7, 11) is 4.14. The van der Waals surface area contributed by atoms with Gasteiger partial charge in [-0.3, -0.25) is 14.5 Å². The lowest BCUT2D eigenvalue weighted by molar-refractivity contribution is -0.129. The van der Waals surface area contributed by atoms with Crippen LogP contribution in [0.5, 0.6) is 0 Å². The first-order valence-electron chi connectivity index (χ1n) is 16.4. The van der Waals surface area contributed by atoms with Crippen LogP contribution in [0, 0.1) is 18.8 Å². The fraction of sp³-hybridized carbons (Fsp3) is 0.472. The number of piperidine rings is 1. The van der Waals surface area contributed by atoms with E-state index in [4.69, 9.17) is 9.72 Å². The highest BCUT2D eigenvalue weighted by molar-refractivity contribution is 5.97. The van der Waals surface area contributed by atoms with Crippen LogP contribution in [0.15, 0.2) is 55.1 Å². The fourth-order valence-electron chi connectivity index (χ4n) is 7.18. The quantitative estimate of drug-likeness (QED) is 0.286. The van der Waals surface area contributed by atoms with Gasteiger partial charge in [-0.1, -0.05) is 19.1 Å². The molecule has 2 aliphatic heterocycles. The molecule has 2 amide bonds. The Labute approximate surface area is 271 Å². The van der Waals surface area contributed by atoms with E-state index in [1.165, 1.54) is 5.56 Å². The summed E-state index contributed by atoms with van der Waals surface area (Å²) in [6, 6.07) is 12.8. The molecule has 0 spiro atoms. The number of imidazole rings is 1. The van der Waals surface area contributed by atoms with Crippen molar-refractivity contribution in [2.75, 3.05) is 46.9 Å². The molecule has 2 N–H and O–H groups in total. The predicted octanol–water partition coefficient (Wildman–Crippen LogP) is 4.45. The number of pyridine rings is 1. The predicted molar refractivity (Wildman–Crippen MR) is 180 cm³/mol. The molecule has 4 aromatic rings. The van der Waals surface area contributed by atoms with Crippen molar-refractivity contribution in [3.05, 3.63) is 77.5 Å². The van der Waals surface area contributed by atoms with Gasteiger partial charge in [0.25, 0.3) is 5.91 Å². The molecule has 244 valence electrons. The number of hydrogen-bond acceptors (Lipinski definition) is 6. The van der Waals surface area contributed by atoms with Crippen LogP contribution in [-0.2, 0) is 16.1 Å². The second kappa shape index (κ2) is 13.4. The van der Waals surface area contributed by atoms with Gasteiger partial charge in [0.15, 0.2) is 0 Å². The lowest BCUT2D eigenvalue weighted by Gasteiger charge is -2.34. The van der Waals surface area contributed by atoms with Crippen LogP contribution < -0.4 is 10.6 Å². The number of nitrogens with zero attached hydrogens (tertiary/aromatic N) is 5. The van der Waals surface area contributed by atoms with Crippen molar-refractivity contribution in [3.63, 3.8) is 0 Å². The van der Waals surface area contributed by atoms with Crippen LogP contribution in [-0.4, -0.2) is 88.6 Å². The van der Waals surface area contributed by atoms with E-state index in [2.05, 4.69) is 100 Å². The van der Waals surface area contributed by atoms with Gasteiger partial charge in [0.2, 0.25) is 5.91 Å². The van der Waals surface area contributed by atoms with Crippen molar-refractivity contribution in [2.45, 2.75) is 52.7 Å². The average Bonchev–Trinajstić information content (AvgIpc) is 3.68. The molecule has 2 fully saturated rings. The standard InChI is InChI=1S/C36H47N7O3/c1-23-14-24(2)39-36(45)32(23)18-37-35(44)31-17-30-16-28(20-43(30)34(25(31)3)26(4)41-10-12-46-13-11-41)33-21-42(22-38-33)29-9-7-8-27(15-29)19-40(5)6/h7-9,15-17,20-24,26,32H,10-14,18-19H2,1-6H3,(H,37,44)(H,39,45). The van der Waals surface area contributed by atoms with Gasteiger partial charge in [-0.05, 0) is 82.6 Å². The Hall–Kier alpha value is -3.99. The van der Waals surface area contributed by atoms with Crippen molar-refractivity contribution in [2.24, 2.45) is 11.8 Å². The molecule has 2 saturated heterocycles. The molecule has 0 aliphatic carbocycles. The zero-order chi connectivity index (χ0) is 32.5. The second-order valence-electron chi connectivity index (χ2n) is 13.4. The van der Waals surface area contributed by atoms with Gasteiger partial charge in [-0.2, -0.15) is 0 Å². The van der Waals surface area contributed by atoms with Crippen LogP contribution in [0.4, 0.5) is 0 Å². The highest BCUT2D eigenvalue weighted by Gasteiger charge is 2.33. The number of amides is 2. The average molecular weight is 626 g/mol. The summed E-state index contributed by atoms with van der Waals surface area (Å²) in [5, 5.41) is 6.15. The molecule has 3 aromatic heterocycles. The molecular weight excluding hydrogens is 578 g/mol. The van der Waals surface area contributed by atoms with Crippen LogP contribution >= 0.6 is 0 Å². The summed E-state index contributed by atoms with van der Waals surface area (Å²) in [5.41, 5.74) is 7.72. The van der Waals surface area contributed by atoms with Crippen LogP contribution in [0.2, 0.25) is 0 Å². The van der Waals surface area contributed by atoms with E-state index in [1.54, 1.807) is 0 Å². The topological polar surface area (TPSA) is 96.1 Å². The first-order chi connectivity index (χ1) is 22.1. The lowest BCUT2D eigenvalue weighted by atomic mass is 9.84. The van der Waals surface area contributed by atoms with Crippen molar-refractivity contribution >= 4 is 17.3 Å². The van der Waals surface area contributed by atoms with Crippen molar-refractivity contribution in [3.8, 4) is 16.9 Å². The minimum absolute atomic E-state index is 0.0143. The number of benzene rings is 1. The molecular formula is C36H47N7O3. The number of carbonyl (C=O) groups is 2. The number of rotatable bonds is 9. The molecule has 6 rings (SSSR count). The minimum Gasteiger partial charge on any atom is -0.379 e. The number of aromatic nitrogens is 3. The summed E-state index contributed by atoms with van der Waals surface area (Å²) in [5.74, 6) is -0.179. The van der Waals surface area contributed by atoms with Gasteiger partial charge < -0.3 is 29.2 Å². The zero-order valence-corrected chi connectivity index (χ0v) is 27.9.